The van der Waals surface area contributed by atoms with Crippen molar-refractivity contribution >= 4 is 0 Å². The Hall–Kier alpha value is -1.89. The third kappa shape index (κ3) is 7.20. The summed E-state index contributed by atoms with van der Waals surface area (Å²) < 4.78 is 0. The lowest BCUT2D eigenvalue weighted by Crippen LogP contribution is -1.84. The molecule has 0 radical (unpaired) electrons. The van der Waals surface area contributed by atoms with Gasteiger partial charge in [0.15, 0.2) is 0 Å². The maximum absolute atomic E-state index is 4.44. The molecule has 0 saturated heterocycles. The first-order valence-electron chi connectivity index (χ1n) is 6.84. The van der Waals surface area contributed by atoms with Gasteiger partial charge in [-0.25, -0.2) is 0 Å². The van der Waals surface area contributed by atoms with Gasteiger partial charge in [0.1, 0.15) is 0 Å². The number of pyridine rings is 1. The Balaban J connectivity index is 0.000000467. The standard InChI is InChI=1S/C12H11N.C4H8.C2H6/c1-10-6-5-9-12(13-10)11-7-3-2-4-8-11;1-3-4-2;1-2/h2-9H,1H3;3-4H,1-2H3;1-2H3/b;4-3-;. The average Bonchev–Trinajstić information content (AvgIpc) is 2.50. The summed E-state index contributed by atoms with van der Waals surface area (Å²) in [7, 11) is 0. The van der Waals surface area contributed by atoms with E-state index in [0.29, 0.717) is 0 Å². The molecule has 19 heavy (non-hydrogen) atoms. The molecule has 2 rings (SSSR count). The molecule has 0 saturated carbocycles. The highest BCUT2D eigenvalue weighted by Crippen LogP contribution is 2.15. The third-order valence-corrected chi connectivity index (χ3v) is 2.29. The minimum absolute atomic E-state index is 1.04. The second-order valence-electron chi connectivity index (χ2n) is 3.70. The summed E-state index contributed by atoms with van der Waals surface area (Å²) in [5, 5.41) is 0. The molecular weight excluding hydrogens is 230 g/mol. The molecule has 0 fully saturated rings. The van der Waals surface area contributed by atoms with Crippen molar-refractivity contribution in [1.29, 1.82) is 0 Å². The molecule has 1 nitrogen and oxygen atoms in total. The van der Waals surface area contributed by atoms with Crippen LogP contribution in [0.15, 0.2) is 60.7 Å². The molecule has 0 amide bonds. The molecule has 1 aromatic heterocycles. The van der Waals surface area contributed by atoms with E-state index in [2.05, 4.69) is 17.1 Å². The number of hydrogen-bond donors (Lipinski definition) is 0. The first kappa shape index (κ1) is 17.1. The minimum Gasteiger partial charge on any atom is -0.253 e. The highest BCUT2D eigenvalue weighted by molar-refractivity contribution is 5.58. The maximum Gasteiger partial charge on any atom is 0.0705 e. The van der Waals surface area contributed by atoms with E-state index in [1.165, 1.54) is 5.56 Å². The van der Waals surface area contributed by atoms with Gasteiger partial charge < -0.3 is 0 Å². The van der Waals surface area contributed by atoms with E-state index in [9.17, 15) is 0 Å². The van der Waals surface area contributed by atoms with Gasteiger partial charge in [0, 0.05) is 11.3 Å². The van der Waals surface area contributed by atoms with Crippen molar-refractivity contribution in [3.05, 3.63) is 66.4 Å². The van der Waals surface area contributed by atoms with Crippen molar-refractivity contribution in [2.24, 2.45) is 0 Å². The van der Waals surface area contributed by atoms with E-state index in [1.807, 2.05) is 83.2 Å². The van der Waals surface area contributed by atoms with Crippen molar-refractivity contribution in [3.8, 4) is 11.3 Å². The zero-order valence-electron chi connectivity index (χ0n) is 12.7. The molecule has 2 aromatic rings. The van der Waals surface area contributed by atoms with Crippen LogP contribution in [0.5, 0.6) is 0 Å². The Morgan fingerprint density at radius 3 is 1.84 bits per heavy atom. The van der Waals surface area contributed by atoms with Crippen LogP contribution in [0.4, 0.5) is 0 Å². The fraction of sp³-hybridized carbons (Fsp3) is 0.278. The summed E-state index contributed by atoms with van der Waals surface area (Å²) in [6.45, 7) is 10.0. The van der Waals surface area contributed by atoms with E-state index >= 15 is 0 Å². The molecule has 1 heterocycles. The lowest BCUT2D eigenvalue weighted by molar-refractivity contribution is 1.21. The molecule has 0 spiro atoms. The zero-order chi connectivity index (χ0) is 14.5. The first-order chi connectivity index (χ1) is 9.27. The van der Waals surface area contributed by atoms with Gasteiger partial charge in [-0.2, -0.15) is 0 Å². The van der Waals surface area contributed by atoms with Crippen molar-refractivity contribution in [3.63, 3.8) is 0 Å². The van der Waals surface area contributed by atoms with Gasteiger partial charge in [-0.3, -0.25) is 4.98 Å². The molecule has 0 aliphatic carbocycles. The topological polar surface area (TPSA) is 12.9 Å². The summed E-state index contributed by atoms with van der Waals surface area (Å²) in [5.41, 5.74) is 3.27. The van der Waals surface area contributed by atoms with Crippen molar-refractivity contribution in [2.45, 2.75) is 34.6 Å². The summed E-state index contributed by atoms with van der Waals surface area (Å²) in [6, 6.07) is 16.3. The lowest BCUT2D eigenvalue weighted by atomic mass is 10.1. The number of hydrogen-bond acceptors (Lipinski definition) is 1. The van der Waals surface area contributed by atoms with Crippen LogP contribution in [0.25, 0.3) is 11.3 Å². The maximum atomic E-state index is 4.44. The normalized spacial score (nSPS) is 9.11. The number of allylic oxidation sites excluding steroid dienone is 2. The zero-order valence-corrected chi connectivity index (χ0v) is 12.7. The van der Waals surface area contributed by atoms with Crippen LogP contribution in [0.3, 0.4) is 0 Å². The van der Waals surface area contributed by atoms with E-state index < -0.39 is 0 Å². The Kier molecular flexibility index (Phi) is 10.1. The molecule has 0 N–H and O–H groups in total. The highest BCUT2D eigenvalue weighted by atomic mass is 14.7. The third-order valence-electron chi connectivity index (χ3n) is 2.29. The number of benzene rings is 1. The van der Waals surface area contributed by atoms with Crippen LogP contribution in [0, 0.1) is 6.92 Å². The predicted molar refractivity (Wildman–Crippen MR) is 86.2 cm³/mol. The van der Waals surface area contributed by atoms with E-state index in [0.717, 1.165) is 11.4 Å². The SMILES string of the molecule is C/C=C\C.CC.Cc1cccc(-c2ccccc2)n1. The monoisotopic (exact) mass is 255 g/mol. The molecule has 0 unspecified atom stereocenters. The van der Waals surface area contributed by atoms with Gasteiger partial charge in [-0.15, -0.1) is 0 Å². The molecule has 0 aliphatic rings. The largest absolute Gasteiger partial charge is 0.253 e. The fourth-order valence-corrected chi connectivity index (χ4v) is 1.31. The summed E-state index contributed by atoms with van der Waals surface area (Å²) in [4.78, 5) is 4.44. The summed E-state index contributed by atoms with van der Waals surface area (Å²) in [6.07, 6.45) is 4.00. The Morgan fingerprint density at radius 2 is 1.37 bits per heavy atom. The summed E-state index contributed by atoms with van der Waals surface area (Å²) >= 11 is 0. The number of nitrogens with zero attached hydrogens (tertiary/aromatic N) is 1. The van der Waals surface area contributed by atoms with Crippen molar-refractivity contribution in [2.75, 3.05) is 0 Å². The predicted octanol–water partition coefficient (Wildman–Crippen LogP) is 5.67. The number of rotatable bonds is 1. The van der Waals surface area contributed by atoms with E-state index in [4.69, 9.17) is 0 Å². The van der Waals surface area contributed by atoms with E-state index in [1.54, 1.807) is 0 Å². The number of aryl methyl sites for hydroxylation is 1. The molecule has 1 heteroatoms. The smallest absolute Gasteiger partial charge is 0.0705 e. The number of aromatic nitrogens is 1. The van der Waals surface area contributed by atoms with Crippen LogP contribution in [0.1, 0.15) is 33.4 Å². The van der Waals surface area contributed by atoms with Crippen molar-refractivity contribution in [1.82, 2.24) is 4.98 Å². The van der Waals surface area contributed by atoms with Crippen LogP contribution in [-0.4, -0.2) is 4.98 Å². The lowest BCUT2D eigenvalue weighted by Gasteiger charge is -2.00. The van der Waals surface area contributed by atoms with Crippen molar-refractivity contribution < 1.29 is 0 Å². The molecular formula is C18H25N. The molecule has 0 bridgehead atoms. The van der Waals surface area contributed by atoms with Gasteiger partial charge in [0.25, 0.3) is 0 Å². The average molecular weight is 255 g/mol. The fourth-order valence-electron chi connectivity index (χ4n) is 1.31. The molecule has 102 valence electrons. The van der Waals surface area contributed by atoms with Gasteiger partial charge >= 0.3 is 0 Å². The van der Waals surface area contributed by atoms with Gasteiger partial charge in [-0.1, -0.05) is 62.4 Å². The Morgan fingerprint density at radius 1 is 0.789 bits per heavy atom. The Labute approximate surface area is 118 Å². The second kappa shape index (κ2) is 11.2. The molecule has 1 aromatic carbocycles. The van der Waals surface area contributed by atoms with E-state index in [-0.39, 0.29) is 0 Å². The minimum atomic E-state index is 1.04. The Bertz CT molecular complexity index is 454. The first-order valence-corrected chi connectivity index (χ1v) is 6.84. The molecule has 0 atom stereocenters. The quantitative estimate of drug-likeness (QED) is 0.599. The van der Waals surface area contributed by atoms with Crippen LogP contribution in [0.2, 0.25) is 0 Å². The van der Waals surface area contributed by atoms with Gasteiger partial charge in [0.05, 0.1) is 5.69 Å². The van der Waals surface area contributed by atoms with Crippen LogP contribution in [-0.2, 0) is 0 Å². The van der Waals surface area contributed by atoms with Crippen LogP contribution < -0.4 is 0 Å². The van der Waals surface area contributed by atoms with Gasteiger partial charge in [0.2, 0.25) is 0 Å². The second-order valence-corrected chi connectivity index (χ2v) is 3.70. The molecule has 0 aliphatic heterocycles. The van der Waals surface area contributed by atoms with Crippen LogP contribution >= 0.6 is 0 Å². The highest BCUT2D eigenvalue weighted by Gasteiger charge is 1.96. The summed E-state index contributed by atoms with van der Waals surface area (Å²) in [5.74, 6) is 0. The van der Waals surface area contributed by atoms with Gasteiger partial charge in [-0.05, 0) is 32.9 Å².